The Bertz CT molecular complexity index is 713. The van der Waals surface area contributed by atoms with E-state index in [2.05, 4.69) is 4.98 Å². The van der Waals surface area contributed by atoms with Crippen LogP contribution in [0.1, 0.15) is 39.4 Å². The first kappa shape index (κ1) is 13.6. The molecule has 1 aliphatic carbocycles. The molecule has 1 N–H and O–H groups in total. The summed E-state index contributed by atoms with van der Waals surface area (Å²) in [7, 11) is 0. The number of likely N-dealkylation sites (tertiary alicyclic amines) is 1. The van der Waals surface area contributed by atoms with Gasteiger partial charge < -0.3 is 9.72 Å². The molecule has 4 rings (SSSR count). The van der Waals surface area contributed by atoms with Crippen LogP contribution in [0, 0.1) is 5.92 Å². The predicted octanol–water partition coefficient (Wildman–Crippen LogP) is 3.42. The number of H-pyrrole nitrogens is 1. The van der Waals surface area contributed by atoms with Crippen LogP contribution in [0.15, 0.2) is 24.3 Å². The van der Waals surface area contributed by atoms with Gasteiger partial charge in [0, 0.05) is 6.54 Å². The molecule has 2 aromatic rings. The number of nitrogens with one attached hydrogen (secondary N) is 1. The van der Waals surface area contributed by atoms with E-state index in [0.29, 0.717) is 5.92 Å². The van der Waals surface area contributed by atoms with Crippen molar-refractivity contribution in [2.24, 2.45) is 5.92 Å². The van der Waals surface area contributed by atoms with Crippen LogP contribution in [0.25, 0.3) is 11.0 Å². The maximum Gasteiger partial charge on any atom is 0.411 e. The molecule has 2 atom stereocenters. The van der Waals surface area contributed by atoms with E-state index >= 15 is 0 Å². The molecule has 22 heavy (non-hydrogen) atoms. The molecule has 0 bridgehead atoms. The number of piperidine rings is 1. The molecule has 1 aromatic heterocycles. The maximum atomic E-state index is 12.6. The number of fused-ring (bicyclic) bond motifs is 2. The third-order valence-corrected chi connectivity index (χ3v) is 4.67. The van der Waals surface area contributed by atoms with E-state index in [-0.39, 0.29) is 11.6 Å². The Morgan fingerprint density at radius 1 is 1.41 bits per heavy atom. The zero-order valence-electron chi connectivity index (χ0n) is 13.2. The summed E-state index contributed by atoms with van der Waals surface area (Å²) in [6, 6.07) is 7.99. The van der Waals surface area contributed by atoms with Gasteiger partial charge in [-0.15, -0.1) is 0 Å². The molecule has 1 saturated heterocycles. The lowest BCUT2D eigenvalue weighted by Gasteiger charge is -2.30. The molecule has 5 heteroatoms. The quantitative estimate of drug-likeness (QED) is 0.877. The van der Waals surface area contributed by atoms with Crippen molar-refractivity contribution >= 4 is 17.1 Å². The SMILES string of the molecule is CC(C)(C)OC(=O)N1CCC2CC21c1nc2ccccc2[nH]1. The van der Waals surface area contributed by atoms with Crippen molar-refractivity contribution in [3.05, 3.63) is 30.1 Å². The normalized spacial score (nSPS) is 27.0. The molecule has 0 radical (unpaired) electrons. The monoisotopic (exact) mass is 299 g/mol. The smallest absolute Gasteiger partial charge is 0.411 e. The molecular formula is C17H21N3O2. The second-order valence-electron chi connectivity index (χ2n) is 7.35. The molecule has 5 nitrogen and oxygen atoms in total. The number of carbonyl (C=O) groups is 1. The van der Waals surface area contributed by atoms with E-state index < -0.39 is 5.60 Å². The first-order chi connectivity index (χ1) is 10.4. The number of nitrogens with zero attached hydrogens (tertiary/aromatic N) is 2. The molecule has 116 valence electrons. The zero-order valence-corrected chi connectivity index (χ0v) is 13.2. The highest BCUT2D eigenvalue weighted by atomic mass is 16.6. The third-order valence-electron chi connectivity index (χ3n) is 4.67. The minimum atomic E-state index is -0.473. The minimum Gasteiger partial charge on any atom is -0.444 e. The summed E-state index contributed by atoms with van der Waals surface area (Å²) in [5, 5.41) is 0. The largest absolute Gasteiger partial charge is 0.444 e. The molecule has 1 saturated carbocycles. The van der Waals surface area contributed by atoms with E-state index in [0.717, 1.165) is 36.2 Å². The Balaban J connectivity index is 1.69. The van der Waals surface area contributed by atoms with Gasteiger partial charge in [0.25, 0.3) is 0 Å². The van der Waals surface area contributed by atoms with Crippen LogP contribution in [0.5, 0.6) is 0 Å². The molecule has 1 aliphatic heterocycles. The Kier molecular flexibility index (Phi) is 2.63. The molecular weight excluding hydrogens is 278 g/mol. The number of carbonyl (C=O) groups excluding carboxylic acids is 1. The predicted molar refractivity (Wildman–Crippen MR) is 83.4 cm³/mol. The van der Waals surface area contributed by atoms with Gasteiger partial charge in [-0.25, -0.2) is 9.78 Å². The van der Waals surface area contributed by atoms with E-state index in [1.54, 1.807) is 0 Å². The average molecular weight is 299 g/mol. The van der Waals surface area contributed by atoms with Crippen molar-refractivity contribution in [2.45, 2.75) is 44.8 Å². The second kappa shape index (κ2) is 4.24. The van der Waals surface area contributed by atoms with E-state index in [1.807, 2.05) is 49.9 Å². The first-order valence-corrected chi connectivity index (χ1v) is 7.86. The minimum absolute atomic E-state index is 0.229. The Labute approximate surface area is 129 Å². The van der Waals surface area contributed by atoms with Crippen molar-refractivity contribution < 1.29 is 9.53 Å². The van der Waals surface area contributed by atoms with Crippen LogP contribution in [-0.4, -0.2) is 33.1 Å². The van der Waals surface area contributed by atoms with Crippen LogP contribution in [0.3, 0.4) is 0 Å². The van der Waals surface area contributed by atoms with Crippen LogP contribution in [0.2, 0.25) is 0 Å². The number of benzene rings is 1. The fourth-order valence-corrected chi connectivity index (χ4v) is 3.62. The number of hydrogen-bond donors (Lipinski definition) is 1. The van der Waals surface area contributed by atoms with Gasteiger partial charge >= 0.3 is 6.09 Å². The van der Waals surface area contributed by atoms with Crippen molar-refractivity contribution in [2.75, 3.05) is 6.54 Å². The van der Waals surface area contributed by atoms with Crippen molar-refractivity contribution in [1.29, 1.82) is 0 Å². The Morgan fingerprint density at radius 2 is 2.18 bits per heavy atom. The average Bonchev–Trinajstić information content (AvgIpc) is 2.84. The standard InChI is InChI=1S/C17H21N3O2/c1-16(2,3)22-15(21)20-9-8-11-10-17(11,20)14-18-12-6-4-5-7-13(12)19-14/h4-7,11H,8-10H2,1-3H3,(H,18,19). The van der Waals surface area contributed by atoms with Crippen molar-refractivity contribution in [3.8, 4) is 0 Å². The third kappa shape index (κ3) is 1.91. The molecule has 1 amide bonds. The topological polar surface area (TPSA) is 58.2 Å². The lowest BCUT2D eigenvalue weighted by molar-refractivity contribution is 0.0162. The lowest BCUT2D eigenvalue weighted by Crippen LogP contribution is -2.42. The van der Waals surface area contributed by atoms with Gasteiger partial charge in [-0.3, -0.25) is 4.90 Å². The van der Waals surface area contributed by atoms with Gasteiger partial charge in [0.1, 0.15) is 17.0 Å². The number of para-hydroxylation sites is 2. The lowest BCUT2D eigenvalue weighted by atomic mass is 10.2. The molecule has 0 spiro atoms. The highest BCUT2D eigenvalue weighted by Crippen LogP contribution is 2.62. The summed E-state index contributed by atoms with van der Waals surface area (Å²) < 4.78 is 5.58. The number of aromatic nitrogens is 2. The maximum absolute atomic E-state index is 12.6. The second-order valence-corrected chi connectivity index (χ2v) is 7.35. The molecule has 2 fully saturated rings. The summed E-state index contributed by atoms with van der Waals surface area (Å²) in [6.45, 7) is 6.45. The van der Waals surface area contributed by atoms with Crippen molar-refractivity contribution in [1.82, 2.24) is 14.9 Å². The summed E-state index contributed by atoms with van der Waals surface area (Å²) in [6.07, 6.45) is 1.77. The molecule has 2 heterocycles. The summed E-state index contributed by atoms with van der Waals surface area (Å²) >= 11 is 0. The number of aromatic amines is 1. The zero-order chi connectivity index (χ0) is 15.5. The molecule has 1 aromatic carbocycles. The van der Waals surface area contributed by atoms with E-state index in [9.17, 15) is 4.79 Å². The number of hydrogen-bond acceptors (Lipinski definition) is 3. The van der Waals surface area contributed by atoms with Gasteiger partial charge in [0.05, 0.1) is 11.0 Å². The fraction of sp³-hybridized carbons (Fsp3) is 0.529. The summed E-state index contributed by atoms with van der Waals surface area (Å²) in [5.74, 6) is 1.41. The number of rotatable bonds is 1. The summed E-state index contributed by atoms with van der Waals surface area (Å²) in [4.78, 5) is 22.6. The van der Waals surface area contributed by atoms with E-state index in [4.69, 9.17) is 9.72 Å². The number of imidazole rings is 1. The van der Waals surface area contributed by atoms with Crippen LogP contribution >= 0.6 is 0 Å². The van der Waals surface area contributed by atoms with Gasteiger partial charge in [-0.2, -0.15) is 0 Å². The van der Waals surface area contributed by atoms with Gasteiger partial charge in [0.15, 0.2) is 0 Å². The van der Waals surface area contributed by atoms with Gasteiger partial charge in [0.2, 0.25) is 0 Å². The van der Waals surface area contributed by atoms with Gasteiger partial charge in [-0.05, 0) is 51.7 Å². The van der Waals surface area contributed by atoms with Crippen molar-refractivity contribution in [3.63, 3.8) is 0 Å². The fourth-order valence-electron chi connectivity index (χ4n) is 3.62. The number of ether oxygens (including phenoxy) is 1. The van der Waals surface area contributed by atoms with E-state index in [1.165, 1.54) is 0 Å². The van der Waals surface area contributed by atoms with Crippen LogP contribution in [0.4, 0.5) is 4.79 Å². The van der Waals surface area contributed by atoms with Crippen LogP contribution in [-0.2, 0) is 10.3 Å². The Hall–Kier alpha value is -2.04. The highest BCUT2D eigenvalue weighted by molar-refractivity contribution is 5.76. The molecule has 2 aliphatic rings. The van der Waals surface area contributed by atoms with Gasteiger partial charge in [-0.1, -0.05) is 12.1 Å². The number of amides is 1. The molecule has 2 unspecified atom stereocenters. The Morgan fingerprint density at radius 3 is 2.86 bits per heavy atom. The van der Waals surface area contributed by atoms with Crippen LogP contribution < -0.4 is 0 Å². The summed E-state index contributed by atoms with van der Waals surface area (Å²) in [5.41, 5.74) is 1.22. The first-order valence-electron chi connectivity index (χ1n) is 7.86. The highest BCUT2D eigenvalue weighted by Gasteiger charge is 2.67.